The zero-order valence-electron chi connectivity index (χ0n) is 33.3. The molecule has 2 aliphatic rings. The van der Waals surface area contributed by atoms with E-state index in [0.29, 0.717) is 0 Å². The first-order valence-corrected chi connectivity index (χ1v) is 20.6. The molecular formula is C54H42N4. The Labute approximate surface area is 338 Å². The molecule has 4 heteroatoms. The van der Waals surface area contributed by atoms with Crippen molar-refractivity contribution in [1.82, 2.24) is 19.1 Å². The molecule has 10 aromatic rings. The number of hydrogen-bond donors (Lipinski definition) is 0. The molecule has 12 rings (SSSR count). The number of fused-ring (bicyclic) bond motifs is 8. The summed E-state index contributed by atoms with van der Waals surface area (Å²) in [7, 11) is 0. The summed E-state index contributed by atoms with van der Waals surface area (Å²) in [6.07, 6.45) is 11.8. The third-order valence-electron chi connectivity index (χ3n) is 13.5. The van der Waals surface area contributed by atoms with Gasteiger partial charge >= 0.3 is 0 Å². The highest BCUT2D eigenvalue weighted by Gasteiger charge is 2.33. The molecule has 0 atom stereocenters. The Morgan fingerprint density at radius 3 is 1.26 bits per heavy atom. The minimum absolute atomic E-state index is 0.967. The Balaban J connectivity index is 1.15. The predicted octanol–water partition coefficient (Wildman–Crippen LogP) is 13.1. The molecule has 0 spiro atoms. The van der Waals surface area contributed by atoms with E-state index in [-0.39, 0.29) is 0 Å². The molecule has 4 aromatic heterocycles. The Morgan fingerprint density at radius 1 is 0.414 bits per heavy atom. The van der Waals surface area contributed by atoms with Crippen molar-refractivity contribution in [2.45, 2.75) is 53.4 Å². The maximum Gasteiger partial charge on any atom is 0.0645 e. The molecule has 2 aliphatic carbocycles. The lowest BCUT2D eigenvalue weighted by Gasteiger charge is -2.31. The molecule has 278 valence electrons. The lowest BCUT2D eigenvalue weighted by Crippen LogP contribution is -2.16. The summed E-state index contributed by atoms with van der Waals surface area (Å²) in [4.78, 5) is 9.25. The van der Waals surface area contributed by atoms with Gasteiger partial charge in [0.25, 0.3) is 0 Å². The van der Waals surface area contributed by atoms with E-state index in [4.69, 9.17) is 0 Å². The summed E-state index contributed by atoms with van der Waals surface area (Å²) in [6.45, 7) is 8.80. The number of benzene rings is 6. The topological polar surface area (TPSA) is 35.6 Å². The highest BCUT2D eigenvalue weighted by atomic mass is 15.0. The second-order valence-corrected chi connectivity index (χ2v) is 16.7. The summed E-state index contributed by atoms with van der Waals surface area (Å²) in [5, 5.41) is 5.29. The van der Waals surface area contributed by atoms with Crippen molar-refractivity contribution in [1.29, 1.82) is 0 Å². The van der Waals surface area contributed by atoms with Gasteiger partial charge in [0.2, 0.25) is 0 Å². The summed E-state index contributed by atoms with van der Waals surface area (Å²) in [5.41, 5.74) is 26.4. The van der Waals surface area contributed by atoms with Gasteiger partial charge in [-0.2, -0.15) is 0 Å². The number of aryl methyl sites for hydroxylation is 8. The van der Waals surface area contributed by atoms with Crippen LogP contribution < -0.4 is 0 Å². The van der Waals surface area contributed by atoms with E-state index >= 15 is 0 Å². The molecule has 0 saturated carbocycles. The summed E-state index contributed by atoms with van der Waals surface area (Å²) in [6, 6.07) is 41.5. The van der Waals surface area contributed by atoms with Crippen LogP contribution in [0.1, 0.15) is 44.5 Å². The normalized spacial score (nSPS) is 13.2. The maximum atomic E-state index is 4.63. The molecule has 6 aromatic carbocycles. The van der Waals surface area contributed by atoms with Crippen LogP contribution in [0.15, 0.2) is 134 Å². The fourth-order valence-electron chi connectivity index (χ4n) is 10.4. The number of nitrogens with zero attached hydrogens (tertiary/aromatic N) is 4. The first-order chi connectivity index (χ1) is 28.4. The molecule has 4 nitrogen and oxygen atoms in total. The van der Waals surface area contributed by atoms with Crippen LogP contribution in [0.5, 0.6) is 0 Å². The average Bonchev–Trinajstić information content (AvgIpc) is 3.77. The van der Waals surface area contributed by atoms with E-state index in [1.165, 1.54) is 122 Å². The van der Waals surface area contributed by atoms with Gasteiger partial charge in [0, 0.05) is 33.9 Å². The molecule has 0 aliphatic heterocycles. The van der Waals surface area contributed by atoms with Gasteiger partial charge in [-0.15, -0.1) is 0 Å². The zero-order chi connectivity index (χ0) is 38.8. The molecule has 0 amide bonds. The third kappa shape index (κ3) is 4.75. The van der Waals surface area contributed by atoms with Crippen molar-refractivity contribution in [3.8, 4) is 44.8 Å². The van der Waals surface area contributed by atoms with Gasteiger partial charge in [-0.25, -0.2) is 0 Å². The summed E-state index contributed by atoms with van der Waals surface area (Å²) < 4.78 is 4.99. The number of hydrogen-bond acceptors (Lipinski definition) is 2. The van der Waals surface area contributed by atoms with Crippen LogP contribution in [-0.2, 0) is 25.7 Å². The zero-order valence-corrected chi connectivity index (χ0v) is 33.3. The standard InChI is InChI=1S/C54H42N4/c1-31-9-11-35(23-33(31)3)37-15-19-49-45(25-37)47-27-39-13-14-40-28-48-46-26-38(36-12-10-32(2)34(4)24-36)16-20-50(46)58(42-8-6-22-56-30-42)54(48)44-18-17-43(51(39)52(40)44)53(47)57(49)41-7-5-21-55-29-41/h5-12,15-16,19-30H,13-14,17-18H2,1-4H3. The van der Waals surface area contributed by atoms with E-state index < -0.39 is 0 Å². The molecule has 0 N–H and O–H groups in total. The van der Waals surface area contributed by atoms with Crippen molar-refractivity contribution in [2.75, 3.05) is 0 Å². The van der Waals surface area contributed by atoms with Gasteiger partial charge in [0.15, 0.2) is 0 Å². The number of pyridine rings is 2. The molecule has 0 unspecified atom stereocenters. The van der Waals surface area contributed by atoms with Gasteiger partial charge in [-0.3, -0.25) is 9.97 Å². The van der Waals surface area contributed by atoms with Crippen LogP contribution in [0.2, 0.25) is 0 Å². The fourth-order valence-corrected chi connectivity index (χ4v) is 10.4. The molecule has 4 heterocycles. The monoisotopic (exact) mass is 746 g/mol. The Hall–Kier alpha value is -6.78. The third-order valence-corrected chi connectivity index (χ3v) is 13.5. The van der Waals surface area contributed by atoms with Crippen molar-refractivity contribution < 1.29 is 0 Å². The van der Waals surface area contributed by atoms with Crippen LogP contribution in [0.3, 0.4) is 0 Å². The van der Waals surface area contributed by atoms with E-state index in [1.54, 1.807) is 0 Å². The van der Waals surface area contributed by atoms with E-state index in [0.717, 1.165) is 37.1 Å². The van der Waals surface area contributed by atoms with Gasteiger partial charge in [0.05, 0.1) is 45.8 Å². The van der Waals surface area contributed by atoms with Gasteiger partial charge in [-0.1, -0.05) is 48.5 Å². The van der Waals surface area contributed by atoms with E-state index in [2.05, 4.69) is 156 Å². The molecule has 58 heavy (non-hydrogen) atoms. The maximum absolute atomic E-state index is 4.63. The van der Waals surface area contributed by atoms with Gasteiger partial charge < -0.3 is 9.13 Å². The van der Waals surface area contributed by atoms with Gasteiger partial charge in [-0.05, 0) is 192 Å². The van der Waals surface area contributed by atoms with Crippen molar-refractivity contribution in [3.63, 3.8) is 0 Å². The second kappa shape index (κ2) is 12.4. The smallest absolute Gasteiger partial charge is 0.0645 e. The number of aromatic nitrogens is 4. The van der Waals surface area contributed by atoms with Crippen molar-refractivity contribution >= 4 is 43.6 Å². The van der Waals surface area contributed by atoms with E-state index in [1.807, 2.05) is 24.8 Å². The fraction of sp³-hybridized carbons (Fsp3) is 0.148. The van der Waals surface area contributed by atoms with Crippen molar-refractivity contribution in [3.05, 3.63) is 178 Å². The van der Waals surface area contributed by atoms with Crippen LogP contribution >= 0.6 is 0 Å². The molecule has 0 saturated heterocycles. The molecular weight excluding hydrogens is 705 g/mol. The second-order valence-electron chi connectivity index (χ2n) is 16.7. The Bertz CT molecular complexity index is 3140. The average molecular weight is 747 g/mol. The number of rotatable bonds is 4. The lowest BCUT2D eigenvalue weighted by atomic mass is 9.74. The van der Waals surface area contributed by atoms with Crippen LogP contribution in [-0.4, -0.2) is 19.1 Å². The molecule has 0 bridgehead atoms. The SMILES string of the molecule is Cc1ccc(-c2ccc3c(c2)c2cc4c5c(c2n3-c2cccnc2)CCc2c-5c(cc3c5cc(-c6ccc(C)c(C)c6)ccc5n(-c5cccnc5)c23)CC4)cc1C. The van der Waals surface area contributed by atoms with Crippen LogP contribution in [0, 0.1) is 27.7 Å². The minimum atomic E-state index is 0.967. The highest BCUT2D eigenvalue weighted by molar-refractivity contribution is 6.17. The highest BCUT2D eigenvalue weighted by Crippen LogP contribution is 2.51. The summed E-state index contributed by atoms with van der Waals surface area (Å²) in [5.74, 6) is 0. The lowest BCUT2D eigenvalue weighted by molar-refractivity contribution is 0.883. The first kappa shape index (κ1) is 33.4. The van der Waals surface area contributed by atoms with Crippen LogP contribution in [0.4, 0.5) is 0 Å². The molecule has 0 radical (unpaired) electrons. The largest absolute Gasteiger partial charge is 0.307 e. The van der Waals surface area contributed by atoms with Crippen LogP contribution in [0.25, 0.3) is 88.4 Å². The minimum Gasteiger partial charge on any atom is -0.307 e. The quantitative estimate of drug-likeness (QED) is 0.180. The molecule has 0 fully saturated rings. The Morgan fingerprint density at radius 2 is 0.845 bits per heavy atom. The van der Waals surface area contributed by atoms with Gasteiger partial charge in [0.1, 0.15) is 0 Å². The Kier molecular flexibility index (Phi) is 7.11. The predicted molar refractivity (Wildman–Crippen MR) is 241 cm³/mol. The first-order valence-electron chi connectivity index (χ1n) is 20.6. The van der Waals surface area contributed by atoms with E-state index in [9.17, 15) is 0 Å². The summed E-state index contributed by atoms with van der Waals surface area (Å²) >= 11 is 0. The van der Waals surface area contributed by atoms with Crippen molar-refractivity contribution in [2.24, 2.45) is 0 Å².